The van der Waals surface area contributed by atoms with Gasteiger partial charge in [-0.3, -0.25) is 9.59 Å². The van der Waals surface area contributed by atoms with Crippen molar-refractivity contribution < 1.29 is 14.0 Å². The molecule has 1 aliphatic rings. The van der Waals surface area contributed by atoms with Gasteiger partial charge in [0.1, 0.15) is 5.82 Å². The SMILES string of the molecule is CSC(SC)=C1C(=O)c2cc(F)ccc2[C@](C)(CCC(C)(C)C)C1=O. The number of allylic oxidation sites excluding steroid dienone is 1. The van der Waals surface area contributed by atoms with Crippen LogP contribution in [0.3, 0.4) is 0 Å². The minimum atomic E-state index is -0.809. The monoisotopic (exact) mass is 380 g/mol. The molecule has 0 aromatic heterocycles. The van der Waals surface area contributed by atoms with Crippen molar-refractivity contribution in [3.63, 3.8) is 0 Å². The van der Waals surface area contributed by atoms with Crippen molar-refractivity contribution in [1.29, 1.82) is 0 Å². The zero-order valence-electron chi connectivity index (χ0n) is 15.7. The van der Waals surface area contributed by atoms with Gasteiger partial charge in [0.15, 0.2) is 11.6 Å². The van der Waals surface area contributed by atoms with Crippen LogP contribution in [0.5, 0.6) is 0 Å². The number of rotatable bonds is 4. The van der Waals surface area contributed by atoms with Gasteiger partial charge in [0.25, 0.3) is 0 Å². The largest absolute Gasteiger partial charge is 0.293 e. The lowest BCUT2D eigenvalue weighted by Gasteiger charge is -2.37. The van der Waals surface area contributed by atoms with E-state index in [0.717, 1.165) is 6.42 Å². The molecule has 0 fully saturated rings. The smallest absolute Gasteiger partial charge is 0.198 e. The van der Waals surface area contributed by atoms with Crippen LogP contribution in [0.4, 0.5) is 4.39 Å². The van der Waals surface area contributed by atoms with Crippen molar-refractivity contribution in [2.24, 2.45) is 5.41 Å². The molecule has 0 aliphatic heterocycles. The Morgan fingerprint density at radius 1 is 1.16 bits per heavy atom. The second-order valence-electron chi connectivity index (χ2n) is 7.81. The number of benzene rings is 1. The Kier molecular flexibility index (Phi) is 5.89. The summed E-state index contributed by atoms with van der Waals surface area (Å²) >= 11 is 2.79. The van der Waals surface area contributed by atoms with Crippen LogP contribution in [-0.2, 0) is 10.2 Å². The highest BCUT2D eigenvalue weighted by Crippen LogP contribution is 2.45. The Bertz CT molecular complexity index is 741. The molecule has 0 radical (unpaired) electrons. The van der Waals surface area contributed by atoms with E-state index in [-0.39, 0.29) is 22.6 Å². The van der Waals surface area contributed by atoms with Crippen LogP contribution < -0.4 is 0 Å². The summed E-state index contributed by atoms with van der Waals surface area (Å²) in [5.74, 6) is -0.945. The van der Waals surface area contributed by atoms with Gasteiger partial charge in [-0.25, -0.2) is 4.39 Å². The van der Waals surface area contributed by atoms with Crippen LogP contribution in [0.25, 0.3) is 0 Å². The maximum atomic E-state index is 13.8. The van der Waals surface area contributed by atoms with Crippen LogP contribution in [0.2, 0.25) is 0 Å². The number of fused-ring (bicyclic) bond motifs is 1. The number of thioether (sulfide) groups is 2. The van der Waals surface area contributed by atoms with Gasteiger partial charge in [0, 0.05) is 5.56 Å². The topological polar surface area (TPSA) is 34.1 Å². The number of carbonyl (C=O) groups excluding carboxylic acids is 2. The standard InChI is InChI=1S/C20H25FO2S2/c1-19(2,3)9-10-20(4)14-8-7-12(21)11-13(14)16(22)15(17(20)23)18(24-5)25-6/h7-8,11H,9-10H2,1-6H3/t20-/m0/s1. The van der Waals surface area contributed by atoms with E-state index in [4.69, 9.17) is 0 Å². The van der Waals surface area contributed by atoms with Gasteiger partial charge in [-0.05, 0) is 55.4 Å². The number of hydrogen-bond donors (Lipinski definition) is 0. The molecule has 5 heteroatoms. The highest BCUT2D eigenvalue weighted by molar-refractivity contribution is 8.21. The highest BCUT2D eigenvalue weighted by Gasteiger charge is 2.47. The number of Topliss-reactive ketones (excluding diaryl/α,β-unsaturated/α-hetero) is 2. The molecule has 25 heavy (non-hydrogen) atoms. The minimum Gasteiger partial charge on any atom is -0.293 e. The van der Waals surface area contributed by atoms with Gasteiger partial charge in [0.2, 0.25) is 0 Å². The molecule has 0 N–H and O–H groups in total. The third-order valence-electron chi connectivity index (χ3n) is 4.73. The first-order chi connectivity index (χ1) is 11.5. The second-order valence-corrected chi connectivity index (χ2v) is 9.70. The zero-order valence-corrected chi connectivity index (χ0v) is 17.3. The van der Waals surface area contributed by atoms with E-state index in [9.17, 15) is 14.0 Å². The van der Waals surface area contributed by atoms with Gasteiger partial charge in [-0.2, -0.15) is 0 Å². The molecule has 0 amide bonds. The molecule has 1 atom stereocenters. The van der Waals surface area contributed by atoms with Crippen molar-refractivity contribution in [3.8, 4) is 0 Å². The quantitative estimate of drug-likeness (QED) is 0.502. The molecule has 136 valence electrons. The molecular weight excluding hydrogens is 355 g/mol. The fourth-order valence-corrected chi connectivity index (χ4v) is 4.61. The molecule has 0 unspecified atom stereocenters. The summed E-state index contributed by atoms with van der Waals surface area (Å²) in [6.07, 6.45) is 5.17. The minimum absolute atomic E-state index is 0.0661. The van der Waals surface area contributed by atoms with Crippen molar-refractivity contribution in [1.82, 2.24) is 0 Å². The van der Waals surface area contributed by atoms with Crippen molar-refractivity contribution in [3.05, 3.63) is 45.0 Å². The Morgan fingerprint density at radius 2 is 1.76 bits per heavy atom. The fraction of sp³-hybridized carbons (Fsp3) is 0.500. The summed E-state index contributed by atoms with van der Waals surface area (Å²) in [5, 5.41) is 0. The first-order valence-corrected chi connectivity index (χ1v) is 10.7. The first-order valence-electron chi connectivity index (χ1n) is 8.27. The third kappa shape index (κ3) is 3.87. The maximum Gasteiger partial charge on any atom is 0.198 e. The highest BCUT2D eigenvalue weighted by atomic mass is 32.2. The summed E-state index contributed by atoms with van der Waals surface area (Å²) < 4.78 is 14.5. The number of ketones is 2. The average Bonchev–Trinajstić information content (AvgIpc) is 2.54. The lowest BCUT2D eigenvalue weighted by molar-refractivity contribution is -0.120. The van der Waals surface area contributed by atoms with Gasteiger partial charge in [-0.1, -0.05) is 26.8 Å². The van der Waals surface area contributed by atoms with Crippen LogP contribution in [0.15, 0.2) is 28.0 Å². The van der Waals surface area contributed by atoms with E-state index < -0.39 is 11.2 Å². The third-order valence-corrected chi connectivity index (χ3v) is 6.88. The summed E-state index contributed by atoms with van der Waals surface area (Å²) in [4.78, 5) is 26.3. The molecule has 2 nitrogen and oxygen atoms in total. The molecule has 1 aliphatic carbocycles. The average molecular weight is 381 g/mol. The molecular formula is C20H25FO2S2. The Balaban J connectivity index is 2.70. The van der Waals surface area contributed by atoms with E-state index in [0.29, 0.717) is 21.8 Å². The van der Waals surface area contributed by atoms with Crippen LogP contribution >= 0.6 is 23.5 Å². The summed E-state index contributed by atoms with van der Waals surface area (Å²) in [5.41, 5.74) is 0.451. The zero-order chi connectivity index (χ0) is 19.0. The molecule has 0 saturated heterocycles. The number of hydrogen-bond acceptors (Lipinski definition) is 4. The molecule has 0 spiro atoms. The van der Waals surface area contributed by atoms with Crippen LogP contribution in [0, 0.1) is 11.2 Å². The summed E-state index contributed by atoms with van der Waals surface area (Å²) in [6, 6.07) is 4.23. The molecule has 0 heterocycles. The van der Waals surface area contributed by atoms with Gasteiger partial charge in [-0.15, -0.1) is 23.5 Å². The molecule has 0 bridgehead atoms. The van der Waals surface area contributed by atoms with Crippen LogP contribution in [-0.4, -0.2) is 24.1 Å². The Labute approximate surface area is 158 Å². The van der Waals surface area contributed by atoms with Crippen molar-refractivity contribution in [2.75, 3.05) is 12.5 Å². The van der Waals surface area contributed by atoms with Gasteiger partial charge < -0.3 is 0 Å². The molecule has 1 aromatic carbocycles. The maximum absolute atomic E-state index is 13.8. The van der Waals surface area contributed by atoms with Crippen molar-refractivity contribution in [2.45, 2.75) is 46.0 Å². The lowest BCUT2D eigenvalue weighted by atomic mass is 9.64. The Morgan fingerprint density at radius 3 is 2.28 bits per heavy atom. The van der Waals surface area contributed by atoms with E-state index in [1.54, 1.807) is 6.07 Å². The lowest BCUT2D eigenvalue weighted by Crippen LogP contribution is -2.42. The van der Waals surface area contributed by atoms with E-state index in [1.165, 1.54) is 35.7 Å². The first kappa shape index (κ1) is 20.2. The molecule has 0 saturated carbocycles. The normalized spacial score (nSPS) is 20.7. The van der Waals surface area contributed by atoms with Crippen LogP contribution in [0.1, 0.15) is 56.5 Å². The van der Waals surface area contributed by atoms with E-state index in [1.807, 2.05) is 19.4 Å². The van der Waals surface area contributed by atoms with Gasteiger partial charge >= 0.3 is 0 Å². The molecule has 2 rings (SSSR count). The summed E-state index contributed by atoms with van der Waals surface area (Å²) in [6.45, 7) is 8.29. The van der Waals surface area contributed by atoms with Gasteiger partial charge in [0.05, 0.1) is 15.2 Å². The second kappa shape index (κ2) is 7.28. The summed E-state index contributed by atoms with van der Waals surface area (Å²) in [7, 11) is 0. The van der Waals surface area contributed by atoms with E-state index in [2.05, 4.69) is 20.8 Å². The predicted octanol–water partition coefficient (Wildman–Crippen LogP) is 5.61. The van der Waals surface area contributed by atoms with E-state index >= 15 is 0 Å². The number of carbonyl (C=O) groups is 2. The number of halogens is 1. The predicted molar refractivity (Wildman–Crippen MR) is 106 cm³/mol. The molecule has 1 aromatic rings. The Hall–Kier alpha value is -1.07. The van der Waals surface area contributed by atoms with Crippen molar-refractivity contribution >= 4 is 35.1 Å². The fourth-order valence-electron chi connectivity index (χ4n) is 3.17.